The van der Waals surface area contributed by atoms with Crippen molar-refractivity contribution in [3.8, 4) is 0 Å². The Bertz CT molecular complexity index is 904. The van der Waals surface area contributed by atoms with Crippen LogP contribution in [0.25, 0.3) is 0 Å². The summed E-state index contributed by atoms with van der Waals surface area (Å²) in [5.41, 5.74) is 0. The first-order chi connectivity index (χ1) is 33.8. The zero-order chi connectivity index (χ0) is 48.8. The Morgan fingerprint density at radius 1 is 0.206 bits per heavy atom. The third kappa shape index (κ3) is 63.0. The molecule has 0 bridgehead atoms. The molecule has 0 radical (unpaired) electrons. The predicted octanol–water partition coefficient (Wildman–Crippen LogP) is 10.9. The highest BCUT2D eigenvalue weighted by Gasteiger charge is 2.03. The van der Waals surface area contributed by atoms with Gasteiger partial charge in [-0.25, -0.2) is 0 Å². The molecule has 0 saturated heterocycles. The molecule has 408 valence electrons. The first-order valence-electron chi connectivity index (χ1n) is 27.9. The van der Waals surface area contributed by atoms with E-state index in [0.717, 1.165) is 25.9 Å². The maximum absolute atomic E-state index is 11.8. The van der Waals surface area contributed by atoms with Crippen molar-refractivity contribution in [2.24, 2.45) is 0 Å². The Labute approximate surface area is 417 Å². The normalized spacial score (nSPS) is 11.6. The SMILES string of the molecule is CCCCCCCCCCCCCCCCCCOCCOCCOCCOCCOCCOCCOCCOCCOCCOCCOCCOCCOC(=O)CCCCCCCCCCC. The number of esters is 1. The van der Waals surface area contributed by atoms with Gasteiger partial charge in [-0.15, -0.1) is 0 Å². The molecule has 0 saturated carbocycles. The molecule has 0 aliphatic heterocycles. The molecular formula is C54H108O14. The van der Waals surface area contributed by atoms with E-state index in [1.54, 1.807) is 0 Å². The molecule has 0 unspecified atom stereocenters. The van der Waals surface area contributed by atoms with Gasteiger partial charge in [0.25, 0.3) is 0 Å². The average molecular weight is 981 g/mol. The Hall–Kier alpha value is -1.01. The van der Waals surface area contributed by atoms with Gasteiger partial charge in [0.2, 0.25) is 0 Å². The summed E-state index contributed by atoms with van der Waals surface area (Å²) >= 11 is 0. The van der Waals surface area contributed by atoms with Crippen molar-refractivity contribution >= 4 is 5.97 Å². The summed E-state index contributed by atoms with van der Waals surface area (Å²) in [4.78, 5) is 11.8. The maximum Gasteiger partial charge on any atom is 0.305 e. The number of carbonyl (C=O) groups is 1. The minimum absolute atomic E-state index is 0.136. The fourth-order valence-electron chi connectivity index (χ4n) is 7.14. The minimum Gasteiger partial charge on any atom is -0.463 e. The number of hydrogen-bond acceptors (Lipinski definition) is 14. The highest BCUT2D eigenvalue weighted by atomic mass is 16.6. The van der Waals surface area contributed by atoms with Crippen LogP contribution < -0.4 is 0 Å². The number of hydrogen-bond donors (Lipinski definition) is 0. The van der Waals surface area contributed by atoms with E-state index in [4.69, 9.17) is 61.6 Å². The fraction of sp³-hybridized carbons (Fsp3) is 0.981. The summed E-state index contributed by atoms with van der Waals surface area (Å²) in [6, 6.07) is 0. The molecule has 0 spiro atoms. The zero-order valence-corrected chi connectivity index (χ0v) is 44.3. The van der Waals surface area contributed by atoms with Crippen LogP contribution in [0.1, 0.15) is 181 Å². The molecule has 0 amide bonds. The van der Waals surface area contributed by atoms with E-state index in [1.165, 1.54) is 141 Å². The lowest BCUT2D eigenvalue weighted by molar-refractivity contribution is -0.145. The van der Waals surface area contributed by atoms with Crippen molar-refractivity contribution in [1.29, 1.82) is 0 Å². The van der Waals surface area contributed by atoms with Crippen molar-refractivity contribution in [2.45, 2.75) is 181 Å². The van der Waals surface area contributed by atoms with Crippen LogP contribution in [0.2, 0.25) is 0 Å². The topological polar surface area (TPSA) is 137 Å². The van der Waals surface area contributed by atoms with Crippen LogP contribution in [0.3, 0.4) is 0 Å². The third-order valence-electron chi connectivity index (χ3n) is 11.2. The summed E-state index contributed by atoms with van der Waals surface area (Å²) in [7, 11) is 0. The molecular weight excluding hydrogens is 873 g/mol. The van der Waals surface area contributed by atoms with E-state index in [0.29, 0.717) is 158 Å². The lowest BCUT2D eigenvalue weighted by Gasteiger charge is -2.09. The predicted molar refractivity (Wildman–Crippen MR) is 272 cm³/mol. The molecule has 0 N–H and O–H groups in total. The molecule has 0 heterocycles. The van der Waals surface area contributed by atoms with Crippen LogP contribution in [0.15, 0.2) is 0 Å². The van der Waals surface area contributed by atoms with Crippen LogP contribution in [0.4, 0.5) is 0 Å². The Morgan fingerprint density at radius 2 is 0.382 bits per heavy atom. The number of unbranched alkanes of at least 4 members (excludes halogenated alkanes) is 23. The summed E-state index contributed by atoms with van der Waals surface area (Å²) < 4.78 is 71.8. The zero-order valence-electron chi connectivity index (χ0n) is 44.3. The van der Waals surface area contributed by atoms with Gasteiger partial charge >= 0.3 is 5.97 Å². The van der Waals surface area contributed by atoms with Crippen LogP contribution in [0, 0.1) is 0 Å². The Balaban J connectivity index is 3.10. The molecule has 0 rings (SSSR count). The number of carbonyl (C=O) groups excluding carboxylic acids is 1. The van der Waals surface area contributed by atoms with Crippen LogP contribution >= 0.6 is 0 Å². The van der Waals surface area contributed by atoms with Crippen molar-refractivity contribution in [3.63, 3.8) is 0 Å². The molecule has 0 fully saturated rings. The average Bonchev–Trinajstić information content (AvgIpc) is 3.35. The summed E-state index contributed by atoms with van der Waals surface area (Å²) in [5, 5.41) is 0. The minimum atomic E-state index is -0.136. The van der Waals surface area contributed by atoms with Crippen LogP contribution in [-0.2, 0) is 66.4 Å². The second kappa shape index (κ2) is 64.0. The lowest BCUT2D eigenvalue weighted by Crippen LogP contribution is -2.15. The summed E-state index contributed by atoms with van der Waals surface area (Å²) in [6.07, 6.45) is 33.7. The summed E-state index contributed by atoms with van der Waals surface area (Å²) in [5.74, 6) is -0.136. The van der Waals surface area contributed by atoms with Gasteiger partial charge in [-0.3, -0.25) is 4.79 Å². The smallest absolute Gasteiger partial charge is 0.305 e. The van der Waals surface area contributed by atoms with E-state index >= 15 is 0 Å². The Kier molecular flexibility index (Phi) is 63.1. The number of ether oxygens (including phenoxy) is 13. The Morgan fingerprint density at radius 3 is 0.618 bits per heavy atom. The molecule has 14 heteroatoms. The van der Waals surface area contributed by atoms with Crippen molar-refractivity contribution in [1.82, 2.24) is 0 Å². The quantitative estimate of drug-likeness (QED) is 0.0422. The second-order valence-corrected chi connectivity index (χ2v) is 17.5. The van der Waals surface area contributed by atoms with Crippen molar-refractivity contribution in [3.05, 3.63) is 0 Å². The van der Waals surface area contributed by atoms with E-state index in [9.17, 15) is 4.79 Å². The molecule has 0 aromatic heterocycles. The van der Waals surface area contributed by atoms with Crippen molar-refractivity contribution in [2.75, 3.05) is 165 Å². The highest BCUT2D eigenvalue weighted by molar-refractivity contribution is 5.69. The van der Waals surface area contributed by atoms with Gasteiger partial charge in [0.15, 0.2) is 0 Å². The molecule has 0 aromatic carbocycles. The van der Waals surface area contributed by atoms with Gasteiger partial charge in [-0.05, 0) is 12.8 Å². The van der Waals surface area contributed by atoms with Gasteiger partial charge in [0.05, 0.1) is 152 Å². The van der Waals surface area contributed by atoms with E-state index < -0.39 is 0 Å². The van der Waals surface area contributed by atoms with Gasteiger partial charge in [0.1, 0.15) is 6.61 Å². The van der Waals surface area contributed by atoms with E-state index in [-0.39, 0.29) is 12.6 Å². The first kappa shape index (κ1) is 67.0. The second-order valence-electron chi connectivity index (χ2n) is 17.5. The molecule has 0 aliphatic rings. The largest absolute Gasteiger partial charge is 0.463 e. The molecule has 68 heavy (non-hydrogen) atoms. The lowest BCUT2D eigenvalue weighted by atomic mass is 10.0. The standard InChI is InChI=1S/C54H108O14/c1-3-5-7-9-11-13-14-15-16-17-18-19-21-23-25-27-29-56-30-31-57-32-33-58-34-35-59-36-37-60-38-39-61-40-41-62-42-43-63-44-45-64-46-47-65-48-49-66-50-51-67-52-53-68-54(55)28-26-24-22-20-12-10-8-6-4-2/h3-53H2,1-2H3. The molecule has 0 atom stereocenters. The van der Waals surface area contributed by atoms with Gasteiger partial charge in [0, 0.05) is 13.0 Å². The first-order valence-corrected chi connectivity index (χ1v) is 27.9. The summed E-state index contributed by atoms with van der Waals surface area (Å²) in [6.45, 7) is 17.5. The van der Waals surface area contributed by atoms with Gasteiger partial charge in [-0.2, -0.15) is 0 Å². The third-order valence-corrected chi connectivity index (χ3v) is 11.2. The van der Waals surface area contributed by atoms with E-state index in [1.807, 2.05) is 0 Å². The molecule has 0 aliphatic carbocycles. The monoisotopic (exact) mass is 981 g/mol. The van der Waals surface area contributed by atoms with Crippen LogP contribution in [0.5, 0.6) is 0 Å². The molecule has 14 nitrogen and oxygen atoms in total. The number of rotatable bonds is 63. The van der Waals surface area contributed by atoms with Gasteiger partial charge < -0.3 is 61.6 Å². The van der Waals surface area contributed by atoms with Crippen molar-refractivity contribution < 1.29 is 66.4 Å². The van der Waals surface area contributed by atoms with Gasteiger partial charge in [-0.1, -0.05) is 162 Å². The fourth-order valence-corrected chi connectivity index (χ4v) is 7.14. The maximum atomic E-state index is 11.8. The highest BCUT2D eigenvalue weighted by Crippen LogP contribution is 2.14. The van der Waals surface area contributed by atoms with E-state index in [2.05, 4.69) is 13.8 Å². The molecule has 0 aromatic rings. The van der Waals surface area contributed by atoms with Crippen LogP contribution in [-0.4, -0.2) is 171 Å².